The van der Waals surface area contributed by atoms with Crippen LogP contribution in [0.4, 0.5) is 38.5 Å². The number of para-hydroxylation sites is 5. The topological polar surface area (TPSA) is 79.8 Å². The van der Waals surface area contributed by atoms with Crippen molar-refractivity contribution in [3.05, 3.63) is 120 Å². The average Bonchev–Trinajstić information content (AvgIpc) is 3.32. The Morgan fingerprint density at radius 1 is 0.561 bits per heavy atom. The monoisotopic (exact) mass is 528 g/mol. The minimum atomic E-state index is -0.423. The smallest absolute Gasteiger partial charge is 0.177 e. The Bertz CT molecular complexity index is 2110. The molecule has 2 heterocycles. The summed E-state index contributed by atoms with van der Waals surface area (Å²) in [5, 5.41) is 20.6. The maximum absolute atomic E-state index is 15.4. The highest BCUT2D eigenvalue weighted by molar-refractivity contribution is 6.19. The highest BCUT2D eigenvalue weighted by Gasteiger charge is 2.33. The van der Waals surface area contributed by atoms with Crippen molar-refractivity contribution in [2.75, 3.05) is 9.80 Å². The van der Waals surface area contributed by atoms with Crippen molar-refractivity contribution in [3.63, 3.8) is 0 Å². The summed E-state index contributed by atoms with van der Waals surface area (Å²) in [6, 6.07) is 37.3. The van der Waals surface area contributed by atoms with E-state index in [1.165, 1.54) is 12.1 Å². The molecular formula is C34H17FN6. The third-order valence-electron chi connectivity index (χ3n) is 7.66. The normalized spacial score (nSPS) is 12.4. The number of aromatic nitrogens is 2. The van der Waals surface area contributed by atoms with E-state index in [1.54, 1.807) is 0 Å². The van der Waals surface area contributed by atoms with Gasteiger partial charge in [-0.2, -0.15) is 10.5 Å². The van der Waals surface area contributed by atoms with E-state index in [2.05, 4.69) is 56.2 Å². The van der Waals surface area contributed by atoms with Crippen molar-refractivity contribution >= 4 is 44.9 Å². The quantitative estimate of drug-likeness (QED) is 0.224. The molecule has 1 aromatic heterocycles. The van der Waals surface area contributed by atoms with E-state index < -0.39 is 5.82 Å². The number of benzene rings is 5. The van der Waals surface area contributed by atoms with Gasteiger partial charge in [0.15, 0.2) is 11.4 Å². The van der Waals surface area contributed by atoms with Crippen molar-refractivity contribution in [3.8, 4) is 34.7 Å². The van der Waals surface area contributed by atoms with Crippen LogP contribution in [0.5, 0.6) is 0 Å². The molecule has 6 aromatic rings. The van der Waals surface area contributed by atoms with Crippen molar-refractivity contribution < 1.29 is 4.39 Å². The Morgan fingerprint density at radius 3 is 1.68 bits per heavy atom. The van der Waals surface area contributed by atoms with Gasteiger partial charge in [0, 0.05) is 27.6 Å². The zero-order chi connectivity index (χ0) is 27.7. The number of anilines is 6. The molecule has 5 aromatic carbocycles. The van der Waals surface area contributed by atoms with Crippen LogP contribution >= 0.6 is 0 Å². The first-order chi connectivity index (χ1) is 20.2. The molecule has 1 aliphatic heterocycles. The Morgan fingerprint density at radius 2 is 1.10 bits per heavy atom. The summed E-state index contributed by atoms with van der Waals surface area (Å²) in [5.74, 6) is -0.423. The van der Waals surface area contributed by atoms with E-state index in [0.29, 0.717) is 22.3 Å². The molecule has 0 fully saturated rings. The lowest BCUT2D eigenvalue weighted by Gasteiger charge is -2.40. The van der Waals surface area contributed by atoms with Gasteiger partial charge in [0.05, 0.1) is 39.8 Å². The van der Waals surface area contributed by atoms with Crippen LogP contribution < -0.4 is 9.80 Å². The average molecular weight is 529 g/mol. The van der Waals surface area contributed by atoms with Crippen LogP contribution in [0, 0.1) is 28.5 Å². The fourth-order valence-corrected chi connectivity index (χ4v) is 6.04. The largest absolute Gasteiger partial charge is 0.306 e. The molecule has 0 saturated heterocycles. The summed E-state index contributed by atoms with van der Waals surface area (Å²) in [5.41, 5.74) is 7.79. The molecule has 1 aliphatic carbocycles. The number of nitriles is 2. The number of hydrogen-bond donors (Lipinski definition) is 0. The minimum absolute atomic E-state index is 0.0448. The first-order valence-corrected chi connectivity index (χ1v) is 13.0. The molecule has 0 unspecified atom stereocenters. The van der Waals surface area contributed by atoms with E-state index in [0.717, 1.165) is 45.1 Å². The number of hydrogen-bond acceptors (Lipinski definition) is 6. The Labute approximate surface area is 234 Å². The van der Waals surface area contributed by atoms with Crippen LogP contribution in [0.2, 0.25) is 0 Å². The fourth-order valence-electron chi connectivity index (χ4n) is 6.04. The van der Waals surface area contributed by atoms with Gasteiger partial charge in [0.1, 0.15) is 18.0 Å². The molecule has 2 aliphatic rings. The van der Waals surface area contributed by atoms with E-state index in [4.69, 9.17) is 0 Å². The van der Waals surface area contributed by atoms with E-state index >= 15 is 4.39 Å². The van der Waals surface area contributed by atoms with Crippen LogP contribution in [0.1, 0.15) is 11.4 Å². The summed E-state index contributed by atoms with van der Waals surface area (Å²) in [4.78, 5) is 13.3. The summed E-state index contributed by atoms with van der Waals surface area (Å²) in [6.07, 6.45) is 0. The van der Waals surface area contributed by atoms with Crippen molar-refractivity contribution in [1.82, 2.24) is 9.97 Å². The molecule has 0 saturated carbocycles. The summed E-state index contributed by atoms with van der Waals surface area (Å²) >= 11 is 0. The number of rotatable bonds is 2. The zero-order valence-electron chi connectivity index (χ0n) is 21.4. The Balaban J connectivity index is 1.42. The number of nitrogens with zero attached hydrogens (tertiary/aromatic N) is 6. The van der Waals surface area contributed by atoms with Crippen LogP contribution in [0.25, 0.3) is 33.3 Å². The van der Waals surface area contributed by atoms with Gasteiger partial charge in [-0.25, -0.2) is 14.4 Å². The van der Waals surface area contributed by atoms with Gasteiger partial charge in [-0.05, 0) is 60.7 Å². The van der Waals surface area contributed by atoms with Gasteiger partial charge in [-0.15, -0.1) is 0 Å². The molecule has 0 radical (unpaired) electrons. The van der Waals surface area contributed by atoms with Crippen LogP contribution in [-0.4, -0.2) is 9.97 Å². The molecule has 0 N–H and O–H groups in total. The molecule has 7 heteroatoms. The summed E-state index contributed by atoms with van der Waals surface area (Å²) in [6.45, 7) is 0. The highest BCUT2D eigenvalue weighted by Crippen LogP contribution is 2.56. The lowest BCUT2D eigenvalue weighted by atomic mass is 9.99. The second kappa shape index (κ2) is 8.47. The second-order valence-corrected chi connectivity index (χ2v) is 9.83. The van der Waals surface area contributed by atoms with E-state index in [1.807, 2.05) is 66.7 Å². The third kappa shape index (κ3) is 3.15. The predicted molar refractivity (Wildman–Crippen MR) is 156 cm³/mol. The highest BCUT2D eigenvalue weighted by atomic mass is 19.1. The van der Waals surface area contributed by atoms with Crippen molar-refractivity contribution in [1.29, 1.82) is 10.5 Å². The maximum atomic E-state index is 15.4. The first-order valence-electron chi connectivity index (χ1n) is 13.0. The minimum Gasteiger partial charge on any atom is -0.306 e. The molecule has 41 heavy (non-hydrogen) atoms. The molecule has 8 rings (SSSR count). The van der Waals surface area contributed by atoms with Gasteiger partial charge in [-0.1, -0.05) is 42.5 Å². The zero-order valence-corrected chi connectivity index (χ0v) is 21.4. The number of fused-ring (bicyclic) bond motifs is 5. The standard InChI is InChI=1S/C34H17FN6/c35-20-16-23-27(15-14-22-32(23)24(17-20)34-33(22)38-25(18-36)26(19-37)39-34)41-30-12-6-4-10-28(30)40(21-8-2-1-3-9-21)29-11-5-7-13-31(29)41/h1-17H. The SMILES string of the molecule is N#Cc1nc2c(nc1C#N)-c1cc(F)cc3c(N4c5ccccc5N(c5ccccc5)c5ccccc54)ccc-2c13. The van der Waals surface area contributed by atoms with Crippen LogP contribution in [-0.2, 0) is 0 Å². The van der Waals surface area contributed by atoms with Gasteiger partial charge in [0.2, 0.25) is 0 Å². The Hall–Kier alpha value is -6.05. The molecule has 0 bridgehead atoms. The molecule has 6 nitrogen and oxygen atoms in total. The first kappa shape index (κ1) is 22.9. The fraction of sp³-hybridized carbons (Fsp3) is 0. The van der Waals surface area contributed by atoms with Crippen LogP contribution in [0.15, 0.2) is 103 Å². The summed E-state index contributed by atoms with van der Waals surface area (Å²) < 4.78 is 15.4. The number of halogens is 1. The van der Waals surface area contributed by atoms with Gasteiger partial charge < -0.3 is 9.80 Å². The lowest BCUT2D eigenvalue weighted by molar-refractivity contribution is 0.630. The molecule has 0 amide bonds. The van der Waals surface area contributed by atoms with Crippen molar-refractivity contribution in [2.45, 2.75) is 0 Å². The summed E-state index contributed by atoms with van der Waals surface area (Å²) in [7, 11) is 0. The molecular weight excluding hydrogens is 511 g/mol. The second-order valence-electron chi connectivity index (χ2n) is 9.83. The van der Waals surface area contributed by atoms with E-state index in [-0.39, 0.29) is 11.4 Å². The van der Waals surface area contributed by atoms with Gasteiger partial charge in [-0.3, -0.25) is 0 Å². The molecule has 0 spiro atoms. The molecule has 190 valence electrons. The Kier molecular flexibility index (Phi) is 4.73. The lowest BCUT2D eigenvalue weighted by Crippen LogP contribution is -2.24. The van der Waals surface area contributed by atoms with E-state index in [9.17, 15) is 10.5 Å². The van der Waals surface area contributed by atoms with Crippen molar-refractivity contribution in [2.24, 2.45) is 0 Å². The molecule has 0 atom stereocenters. The van der Waals surface area contributed by atoms with Gasteiger partial charge >= 0.3 is 0 Å². The third-order valence-corrected chi connectivity index (χ3v) is 7.66. The predicted octanol–water partition coefficient (Wildman–Crippen LogP) is 8.41. The van der Waals surface area contributed by atoms with Gasteiger partial charge in [0.25, 0.3) is 0 Å². The maximum Gasteiger partial charge on any atom is 0.177 e. The van der Waals surface area contributed by atoms with Crippen LogP contribution in [0.3, 0.4) is 0 Å².